The Bertz CT molecular complexity index is 858. The molecule has 1 heterocycles. The molecule has 106 valence electrons. The average molecular weight is 301 g/mol. The van der Waals surface area contributed by atoms with Gasteiger partial charge in [-0.25, -0.2) is 4.98 Å². The highest BCUT2D eigenvalue weighted by Gasteiger charge is 2.09. The molecule has 0 saturated carbocycles. The van der Waals surface area contributed by atoms with Crippen molar-refractivity contribution in [3.8, 4) is 5.75 Å². The first-order chi connectivity index (χ1) is 10.2. The second kappa shape index (κ2) is 5.58. The van der Waals surface area contributed by atoms with Crippen LogP contribution >= 0.6 is 11.6 Å². The second-order valence-corrected chi connectivity index (χ2v) is 5.03. The number of halogens is 1. The van der Waals surface area contributed by atoms with Crippen molar-refractivity contribution in [2.24, 2.45) is 0 Å². The van der Waals surface area contributed by atoms with Gasteiger partial charge < -0.3 is 4.74 Å². The van der Waals surface area contributed by atoms with E-state index in [1.807, 2.05) is 24.3 Å². The van der Waals surface area contributed by atoms with Crippen LogP contribution in [0.1, 0.15) is 5.56 Å². The summed E-state index contributed by atoms with van der Waals surface area (Å²) in [5, 5.41) is 0.994. The fourth-order valence-electron chi connectivity index (χ4n) is 2.28. The first kappa shape index (κ1) is 13.6. The van der Waals surface area contributed by atoms with Crippen molar-refractivity contribution < 1.29 is 4.74 Å². The largest absolute Gasteiger partial charge is 0.496 e. The number of methoxy groups -OCH3 is 1. The van der Waals surface area contributed by atoms with Crippen molar-refractivity contribution in [1.29, 1.82) is 0 Å². The van der Waals surface area contributed by atoms with E-state index in [0.717, 1.165) is 11.3 Å². The molecule has 3 rings (SSSR count). The number of hydrogen-bond donors (Lipinski definition) is 0. The lowest BCUT2D eigenvalue weighted by molar-refractivity contribution is 0.408. The lowest BCUT2D eigenvalue weighted by Gasteiger charge is -2.10. The highest BCUT2D eigenvalue weighted by atomic mass is 35.5. The lowest BCUT2D eigenvalue weighted by atomic mass is 10.2. The standard InChI is InChI=1S/C16H13ClN2O2/c1-21-14-8-3-2-5-11(14)9-19-10-18-15-12(16(19)20)6-4-7-13(15)17/h2-8,10H,9H2,1H3. The van der Waals surface area contributed by atoms with E-state index >= 15 is 0 Å². The molecule has 0 amide bonds. The van der Waals surface area contributed by atoms with E-state index in [1.165, 1.54) is 6.33 Å². The molecule has 0 unspecified atom stereocenters. The van der Waals surface area contributed by atoms with Gasteiger partial charge in [0, 0.05) is 5.56 Å². The Morgan fingerprint density at radius 2 is 2.00 bits per heavy atom. The summed E-state index contributed by atoms with van der Waals surface area (Å²) in [5.74, 6) is 0.746. The van der Waals surface area contributed by atoms with Gasteiger partial charge in [0.05, 0.1) is 35.9 Å². The monoisotopic (exact) mass is 300 g/mol. The Kier molecular flexibility index (Phi) is 3.62. The molecule has 0 atom stereocenters. The molecule has 1 aromatic heterocycles. The number of ether oxygens (including phenoxy) is 1. The minimum Gasteiger partial charge on any atom is -0.496 e. The van der Waals surface area contributed by atoms with E-state index in [1.54, 1.807) is 29.9 Å². The van der Waals surface area contributed by atoms with Crippen LogP contribution in [0.15, 0.2) is 53.6 Å². The minimum absolute atomic E-state index is 0.117. The van der Waals surface area contributed by atoms with Gasteiger partial charge >= 0.3 is 0 Å². The van der Waals surface area contributed by atoms with Gasteiger partial charge in [-0.3, -0.25) is 9.36 Å². The van der Waals surface area contributed by atoms with E-state index in [0.29, 0.717) is 22.5 Å². The molecule has 0 aliphatic rings. The predicted molar refractivity (Wildman–Crippen MR) is 83.1 cm³/mol. The molecule has 0 spiro atoms. The second-order valence-electron chi connectivity index (χ2n) is 4.63. The molecule has 5 heteroatoms. The zero-order valence-corrected chi connectivity index (χ0v) is 12.2. The normalized spacial score (nSPS) is 10.8. The SMILES string of the molecule is COc1ccccc1Cn1cnc2c(Cl)cccc2c1=O. The van der Waals surface area contributed by atoms with E-state index in [4.69, 9.17) is 16.3 Å². The van der Waals surface area contributed by atoms with Gasteiger partial charge in [0.1, 0.15) is 5.75 Å². The van der Waals surface area contributed by atoms with Gasteiger partial charge in [0.2, 0.25) is 0 Å². The number of rotatable bonds is 3. The fraction of sp³-hybridized carbons (Fsp3) is 0.125. The summed E-state index contributed by atoms with van der Waals surface area (Å²) in [6.45, 7) is 0.401. The number of para-hydroxylation sites is 2. The van der Waals surface area contributed by atoms with Gasteiger partial charge in [-0.05, 0) is 18.2 Å². The Morgan fingerprint density at radius 1 is 1.19 bits per heavy atom. The number of nitrogens with zero attached hydrogens (tertiary/aromatic N) is 2. The van der Waals surface area contributed by atoms with Crippen molar-refractivity contribution in [1.82, 2.24) is 9.55 Å². The molecule has 2 aromatic carbocycles. The van der Waals surface area contributed by atoms with E-state index in [2.05, 4.69) is 4.98 Å². The van der Waals surface area contributed by atoms with Crippen LogP contribution in [0.2, 0.25) is 5.02 Å². The Balaban J connectivity index is 2.10. The van der Waals surface area contributed by atoms with Crippen LogP contribution in [0.5, 0.6) is 5.75 Å². The number of fused-ring (bicyclic) bond motifs is 1. The van der Waals surface area contributed by atoms with Gasteiger partial charge in [0.25, 0.3) is 5.56 Å². The third kappa shape index (κ3) is 2.50. The average Bonchev–Trinajstić information content (AvgIpc) is 2.51. The number of benzene rings is 2. The maximum Gasteiger partial charge on any atom is 0.261 e. The van der Waals surface area contributed by atoms with Gasteiger partial charge in [0.15, 0.2) is 0 Å². The molecule has 0 fully saturated rings. The van der Waals surface area contributed by atoms with Crippen LogP contribution in [0, 0.1) is 0 Å². The van der Waals surface area contributed by atoms with Crippen LogP contribution in [-0.2, 0) is 6.54 Å². The third-order valence-corrected chi connectivity index (χ3v) is 3.64. The van der Waals surface area contributed by atoms with Crippen LogP contribution in [0.25, 0.3) is 10.9 Å². The molecule has 0 aliphatic heterocycles. The first-order valence-corrected chi connectivity index (χ1v) is 6.84. The Hall–Kier alpha value is -2.33. The van der Waals surface area contributed by atoms with Crippen molar-refractivity contribution in [3.63, 3.8) is 0 Å². The van der Waals surface area contributed by atoms with Crippen molar-refractivity contribution in [2.75, 3.05) is 7.11 Å². The van der Waals surface area contributed by atoms with Gasteiger partial charge in [-0.2, -0.15) is 0 Å². The number of aromatic nitrogens is 2. The van der Waals surface area contributed by atoms with Crippen LogP contribution < -0.4 is 10.3 Å². The molecule has 0 N–H and O–H groups in total. The zero-order valence-electron chi connectivity index (χ0n) is 11.4. The topological polar surface area (TPSA) is 44.1 Å². The molecule has 0 bridgehead atoms. The Labute approximate surface area is 126 Å². The van der Waals surface area contributed by atoms with Crippen molar-refractivity contribution in [3.05, 3.63) is 69.7 Å². The zero-order chi connectivity index (χ0) is 14.8. The predicted octanol–water partition coefficient (Wildman–Crippen LogP) is 3.11. The number of hydrogen-bond acceptors (Lipinski definition) is 3. The molecular weight excluding hydrogens is 288 g/mol. The molecule has 0 aliphatic carbocycles. The van der Waals surface area contributed by atoms with Gasteiger partial charge in [-0.1, -0.05) is 35.9 Å². The lowest BCUT2D eigenvalue weighted by Crippen LogP contribution is -2.21. The Morgan fingerprint density at radius 3 is 2.81 bits per heavy atom. The third-order valence-electron chi connectivity index (χ3n) is 3.34. The summed E-state index contributed by atoms with van der Waals surface area (Å²) in [5.41, 5.74) is 1.33. The molecule has 0 radical (unpaired) electrons. The van der Waals surface area contributed by atoms with Gasteiger partial charge in [-0.15, -0.1) is 0 Å². The summed E-state index contributed by atoms with van der Waals surface area (Å²) in [6, 6.07) is 12.8. The summed E-state index contributed by atoms with van der Waals surface area (Å²) in [7, 11) is 1.61. The molecule has 3 aromatic rings. The molecule has 4 nitrogen and oxygen atoms in total. The maximum atomic E-state index is 12.5. The maximum absolute atomic E-state index is 12.5. The summed E-state index contributed by atoms with van der Waals surface area (Å²) in [6.07, 6.45) is 1.52. The molecule has 21 heavy (non-hydrogen) atoms. The summed E-state index contributed by atoms with van der Waals surface area (Å²) < 4.78 is 6.86. The minimum atomic E-state index is -0.117. The van der Waals surface area contributed by atoms with Crippen LogP contribution in [0.4, 0.5) is 0 Å². The molecule has 0 saturated heterocycles. The van der Waals surface area contributed by atoms with Crippen LogP contribution in [-0.4, -0.2) is 16.7 Å². The van der Waals surface area contributed by atoms with Crippen LogP contribution in [0.3, 0.4) is 0 Å². The highest BCUT2D eigenvalue weighted by molar-refractivity contribution is 6.34. The fourth-order valence-corrected chi connectivity index (χ4v) is 2.51. The smallest absolute Gasteiger partial charge is 0.261 e. The summed E-state index contributed by atoms with van der Waals surface area (Å²) in [4.78, 5) is 16.8. The highest BCUT2D eigenvalue weighted by Crippen LogP contribution is 2.20. The van der Waals surface area contributed by atoms with Crippen molar-refractivity contribution in [2.45, 2.75) is 6.54 Å². The van der Waals surface area contributed by atoms with E-state index in [-0.39, 0.29) is 5.56 Å². The quantitative estimate of drug-likeness (QED) is 0.746. The first-order valence-electron chi connectivity index (χ1n) is 6.46. The van der Waals surface area contributed by atoms with E-state index < -0.39 is 0 Å². The van der Waals surface area contributed by atoms with Crippen molar-refractivity contribution >= 4 is 22.5 Å². The molecular formula is C16H13ClN2O2. The summed E-state index contributed by atoms with van der Waals surface area (Å²) >= 11 is 6.06. The van der Waals surface area contributed by atoms with E-state index in [9.17, 15) is 4.79 Å².